The molecule has 5 rings (SSSR count). The molecule has 1 aromatic heterocycles. The summed E-state index contributed by atoms with van der Waals surface area (Å²) < 4.78 is 112. The molecule has 0 radical (unpaired) electrons. The number of nitriles is 1. The first-order valence-electron chi connectivity index (χ1n) is 12.8. The van der Waals surface area contributed by atoms with E-state index in [0.29, 0.717) is 17.0 Å². The van der Waals surface area contributed by atoms with E-state index in [1.165, 1.54) is 0 Å². The van der Waals surface area contributed by atoms with Crippen molar-refractivity contribution < 1.29 is 49.1 Å². The third kappa shape index (κ3) is 5.37. The number of carbonyl (C=O) groups excluding carboxylic acids is 2. The molecular formula is C26H21ClF6N4O5S. The van der Waals surface area contributed by atoms with Crippen LogP contribution in [0.25, 0.3) is 11.1 Å². The number of aromatic nitrogens is 1. The molecule has 230 valence electrons. The van der Waals surface area contributed by atoms with Gasteiger partial charge in [-0.2, -0.15) is 36.3 Å². The molecule has 2 aliphatic carbocycles. The van der Waals surface area contributed by atoms with Gasteiger partial charge in [0.2, 0.25) is 11.8 Å². The van der Waals surface area contributed by atoms with Gasteiger partial charge >= 0.3 is 12.4 Å². The van der Waals surface area contributed by atoms with Gasteiger partial charge in [-0.3, -0.25) is 9.59 Å². The van der Waals surface area contributed by atoms with E-state index in [2.05, 4.69) is 5.32 Å². The highest BCUT2D eigenvalue weighted by Gasteiger charge is 2.70. The van der Waals surface area contributed by atoms with Crippen molar-refractivity contribution in [3.05, 3.63) is 52.5 Å². The number of likely N-dealkylation sites (tertiary alicyclic amines) is 1. The van der Waals surface area contributed by atoms with Gasteiger partial charge < -0.3 is 15.4 Å². The lowest BCUT2D eigenvalue weighted by Crippen LogP contribution is -2.53. The standard InChI is InChI=1S/C26H21ClF6N4O5S/c27-20-10-15(3-8-37(20)40)14-1-2-19(17(9-14)25(28,29)30)43(41,42)16-11-18(21(38)35-23(13-34)4-5-23)36(12-16)22(39)24(6-7-24)26(31,32)33/h1-3,8-10,16,18H,4-7,11-12H2,(H,35,38)/t16-,18+/m1/s1. The van der Waals surface area contributed by atoms with Crippen LogP contribution in [0.3, 0.4) is 0 Å². The van der Waals surface area contributed by atoms with Crippen molar-refractivity contribution in [2.45, 2.75) is 66.2 Å². The summed E-state index contributed by atoms with van der Waals surface area (Å²) in [5.41, 5.74) is -5.80. The molecule has 0 unspecified atom stereocenters. The highest BCUT2D eigenvalue weighted by atomic mass is 35.5. The summed E-state index contributed by atoms with van der Waals surface area (Å²) in [6.45, 7) is -0.965. The zero-order valence-electron chi connectivity index (χ0n) is 21.8. The Morgan fingerprint density at radius 1 is 1.07 bits per heavy atom. The molecule has 2 amide bonds. The van der Waals surface area contributed by atoms with Crippen LogP contribution in [0, 0.1) is 22.0 Å². The van der Waals surface area contributed by atoms with Gasteiger partial charge in [0.05, 0.1) is 21.8 Å². The highest BCUT2D eigenvalue weighted by molar-refractivity contribution is 7.92. The summed E-state index contributed by atoms with van der Waals surface area (Å²) in [6.07, 6.45) is -10.8. The molecule has 0 spiro atoms. The Morgan fingerprint density at radius 3 is 2.21 bits per heavy atom. The first kappa shape index (κ1) is 30.9. The van der Waals surface area contributed by atoms with Crippen LogP contribution >= 0.6 is 11.6 Å². The van der Waals surface area contributed by atoms with E-state index in [1.54, 1.807) is 0 Å². The minimum absolute atomic E-state index is 0.0642. The molecule has 0 bridgehead atoms. The minimum Gasteiger partial charge on any atom is -0.618 e. The van der Waals surface area contributed by atoms with E-state index in [9.17, 15) is 54.8 Å². The zero-order valence-corrected chi connectivity index (χ0v) is 23.4. The maximum absolute atomic E-state index is 14.2. The Labute approximate surface area is 245 Å². The zero-order chi connectivity index (χ0) is 31.8. The lowest BCUT2D eigenvalue weighted by Gasteiger charge is -2.29. The quantitative estimate of drug-likeness (QED) is 0.218. The summed E-state index contributed by atoms with van der Waals surface area (Å²) >= 11 is 5.76. The van der Waals surface area contributed by atoms with Crippen LogP contribution < -0.4 is 10.0 Å². The van der Waals surface area contributed by atoms with Gasteiger partial charge in [-0.1, -0.05) is 6.07 Å². The SMILES string of the molecule is N#CC1(NC(=O)[C@@H]2C[C@@H](S(=O)(=O)c3ccc(-c4cc[n+]([O-])c(Cl)c4)cc3C(F)(F)F)CN2C(=O)C2(C(F)(F)F)CC2)CC1. The number of nitrogens with zero attached hydrogens (tertiary/aromatic N) is 3. The van der Waals surface area contributed by atoms with Crippen LogP contribution in [0.5, 0.6) is 0 Å². The lowest BCUT2D eigenvalue weighted by atomic mass is 10.0. The van der Waals surface area contributed by atoms with E-state index in [4.69, 9.17) is 11.6 Å². The largest absolute Gasteiger partial charge is 0.618 e. The Balaban J connectivity index is 1.53. The monoisotopic (exact) mass is 650 g/mol. The van der Waals surface area contributed by atoms with Gasteiger partial charge in [0.1, 0.15) is 17.0 Å². The molecule has 43 heavy (non-hydrogen) atoms. The predicted octanol–water partition coefficient (Wildman–Crippen LogP) is 3.92. The van der Waals surface area contributed by atoms with Crippen molar-refractivity contribution in [2.24, 2.45) is 5.41 Å². The number of sulfone groups is 1. The minimum atomic E-state index is -5.22. The fourth-order valence-electron chi connectivity index (χ4n) is 5.22. The summed E-state index contributed by atoms with van der Waals surface area (Å²) in [5.74, 6) is -2.60. The molecule has 2 aromatic rings. The molecule has 17 heteroatoms. The normalized spacial score (nSPS) is 22.5. The summed E-state index contributed by atoms with van der Waals surface area (Å²) in [7, 11) is -5.01. The van der Waals surface area contributed by atoms with Crippen molar-refractivity contribution in [1.82, 2.24) is 10.2 Å². The third-order valence-corrected chi connectivity index (χ3v) is 10.6. The number of hydrogen-bond donors (Lipinski definition) is 1. The molecule has 1 aromatic carbocycles. The van der Waals surface area contributed by atoms with Crippen LogP contribution in [0.1, 0.15) is 37.7 Å². The number of benzene rings is 1. The summed E-state index contributed by atoms with van der Waals surface area (Å²) in [4.78, 5) is 25.6. The maximum atomic E-state index is 14.2. The first-order chi connectivity index (χ1) is 19.8. The van der Waals surface area contributed by atoms with E-state index in [-0.39, 0.29) is 33.9 Å². The van der Waals surface area contributed by atoms with Gasteiger partial charge in [0.25, 0.3) is 5.15 Å². The number of nitrogens with one attached hydrogen (secondary N) is 1. The van der Waals surface area contributed by atoms with Crippen LogP contribution in [0.4, 0.5) is 26.3 Å². The van der Waals surface area contributed by atoms with Crippen molar-refractivity contribution in [3.63, 3.8) is 0 Å². The van der Waals surface area contributed by atoms with Crippen molar-refractivity contribution in [1.29, 1.82) is 5.26 Å². The van der Waals surface area contributed by atoms with Crippen LogP contribution in [0.15, 0.2) is 41.4 Å². The molecule has 2 atom stereocenters. The van der Waals surface area contributed by atoms with E-state index < -0.39 is 92.5 Å². The molecule has 9 nitrogen and oxygen atoms in total. The fourth-order valence-corrected chi connectivity index (χ4v) is 7.28. The number of amides is 2. The van der Waals surface area contributed by atoms with Crippen LogP contribution in [0.2, 0.25) is 5.15 Å². The van der Waals surface area contributed by atoms with Crippen molar-refractivity contribution >= 4 is 33.3 Å². The van der Waals surface area contributed by atoms with Gasteiger partial charge in [-0.05, 0) is 67.0 Å². The van der Waals surface area contributed by atoms with Crippen molar-refractivity contribution in [3.8, 4) is 17.2 Å². The Hall–Kier alpha value is -3.58. The molecule has 1 N–H and O–H groups in total. The van der Waals surface area contributed by atoms with Crippen LogP contribution in [-0.2, 0) is 25.6 Å². The number of halogens is 7. The summed E-state index contributed by atoms with van der Waals surface area (Å²) in [6, 6.07) is 4.56. The van der Waals surface area contributed by atoms with Gasteiger partial charge in [0, 0.05) is 18.7 Å². The average molecular weight is 651 g/mol. The fraction of sp³-hybridized carbons (Fsp3) is 0.462. The average Bonchev–Trinajstić information content (AvgIpc) is 3.85. The Bertz CT molecular complexity index is 1670. The smallest absolute Gasteiger partial charge is 0.417 e. The maximum Gasteiger partial charge on any atom is 0.417 e. The third-order valence-electron chi connectivity index (χ3n) is 8.09. The topological polar surface area (TPSA) is 134 Å². The number of rotatable bonds is 6. The molecular weight excluding hydrogens is 630 g/mol. The number of pyridine rings is 1. The lowest BCUT2D eigenvalue weighted by molar-refractivity contribution is -0.602. The van der Waals surface area contributed by atoms with Gasteiger partial charge in [-0.15, -0.1) is 0 Å². The highest BCUT2D eigenvalue weighted by Crippen LogP contribution is 2.59. The number of hydrogen-bond acceptors (Lipinski definition) is 6. The van der Waals surface area contributed by atoms with Crippen LogP contribution in [-0.4, -0.2) is 54.7 Å². The number of alkyl halides is 6. The first-order valence-corrected chi connectivity index (χ1v) is 14.7. The van der Waals surface area contributed by atoms with E-state index >= 15 is 0 Å². The molecule has 2 saturated carbocycles. The van der Waals surface area contributed by atoms with E-state index in [1.807, 2.05) is 6.07 Å². The van der Waals surface area contributed by atoms with Gasteiger partial charge in [-0.25, -0.2) is 8.42 Å². The second-order valence-corrected chi connectivity index (χ2v) is 13.5. The predicted molar refractivity (Wildman–Crippen MR) is 135 cm³/mol. The Morgan fingerprint density at radius 2 is 1.70 bits per heavy atom. The van der Waals surface area contributed by atoms with Gasteiger partial charge in [0.15, 0.2) is 16.0 Å². The Kier molecular flexibility index (Phi) is 7.16. The summed E-state index contributed by atoms with van der Waals surface area (Å²) in [5, 5.41) is 21.0. The number of carbonyl (C=O) groups is 2. The molecule has 3 fully saturated rings. The second-order valence-electron chi connectivity index (χ2n) is 10.9. The second kappa shape index (κ2) is 9.98. The molecule has 2 heterocycles. The molecule has 1 aliphatic heterocycles. The van der Waals surface area contributed by atoms with Crippen molar-refractivity contribution in [2.75, 3.05) is 6.54 Å². The van der Waals surface area contributed by atoms with E-state index in [0.717, 1.165) is 24.4 Å². The molecule has 3 aliphatic rings. The molecule has 1 saturated heterocycles.